The van der Waals surface area contributed by atoms with Crippen molar-refractivity contribution < 1.29 is 18.0 Å². The average molecular weight is 437 g/mol. The van der Waals surface area contributed by atoms with Gasteiger partial charge in [-0.25, -0.2) is 0 Å². The Kier molecular flexibility index (Phi) is 6.26. The zero-order valence-corrected chi connectivity index (χ0v) is 18.1. The number of amides is 1. The van der Waals surface area contributed by atoms with Crippen LogP contribution in [0.2, 0.25) is 0 Å². The molecule has 1 N–H and O–H groups in total. The van der Waals surface area contributed by atoms with E-state index in [0.29, 0.717) is 5.56 Å². The first-order valence-electron chi connectivity index (χ1n) is 9.88. The third-order valence-electron chi connectivity index (χ3n) is 5.33. The number of rotatable bonds is 4. The Morgan fingerprint density at radius 1 is 1.03 bits per heavy atom. The molecule has 3 aromatic rings. The molecule has 0 spiro atoms. The molecule has 1 heterocycles. The van der Waals surface area contributed by atoms with Crippen LogP contribution in [0.4, 0.5) is 18.9 Å². The Morgan fingerprint density at radius 2 is 1.75 bits per heavy atom. The van der Waals surface area contributed by atoms with E-state index in [1.807, 2.05) is 56.5 Å². The van der Waals surface area contributed by atoms with E-state index < -0.39 is 17.6 Å². The molecular formula is C25H22F3N3O. The molecule has 7 heteroatoms. The summed E-state index contributed by atoms with van der Waals surface area (Å²) in [6, 6.07) is 14.1. The number of carbonyl (C=O) groups is 1. The van der Waals surface area contributed by atoms with Crippen LogP contribution < -0.4 is 5.32 Å². The van der Waals surface area contributed by atoms with Crippen LogP contribution in [0.15, 0.2) is 54.1 Å². The molecule has 0 radical (unpaired) electrons. The SMILES string of the molecule is Cc1ccc(-n2c(C)cc(/C=C(/C#N)C(=O)Nc3cccc(C(F)(F)F)c3)c2C)cc1C. The highest BCUT2D eigenvalue weighted by Crippen LogP contribution is 2.31. The Morgan fingerprint density at radius 3 is 2.38 bits per heavy atom. The Balaban J connectivity index is 1.92. The predicted octanol–water partition coefficient (Wildman–Crippen LogP) is 6.28. The van der Waals surface area contributed by atoms with E-state index in [1.165, 1.54) is 23.8 Å². The van der Waals surface area contributed by atoms with Gasteiger partial charge in [0.2, 0.25) is 0 Å². The average Bonchev–Trinajstić information content (AvgIpc) is 3.00. The summed E-state index contributed by atoms with van der Waals surface area (Å²) >= 11 is 0. The lowest BCUT2D eigenvalue weighted by molar-refractivity contribution is -0.137. The van der Waals surface area contributed by atoms with E-state index in [1.54, 1.807) is 0 Å². The van der Waals surface area contributed by atoms with Crippen molar-refractivity contribution in [1.82, 2.24) is 4.57 Å². The quantitative estimate of drug-likeness (QED) is 0.386. The lowest BCUT2D eigenvalue weighted by Gasteiger charge is -2.12. The van der Waals surface area contributed by atoms with E-state index in [4.69, 9.17) is 0 Å². The fourth-order valence-electron chi connectivity index (χ4n) is 3.47. The lowest BCUT2D eigenvalue weighted by Crippen LogP contribution is -2.14. The van der Waals surface area contributed by atoms with E-state index in [-0.39, 0.29) is 11.3 Å². The minimum atomic E-state index is -4.53. The van der Waals surface area contributed by atoms with Gasteiger partial charge in [-0.15, -0.1) is 0 Å². The first-order chi connectivity index (χ1) is 15.0. The van der Waals surface area contributed by atoms with Crippen molar-refractivity contribution in [3.63, 3.8) is 0 Å². The second-order valence-electron chi connectivity index (χ2n) is 7.63. The molecule has 0 bridgehead atoms. The number of nitrogens with one attached hydrogen (secondary N) is 1. The van der Waals surface area contributed by atoms with Crippen LogP contribution in [0.3, 0.4) is 0 Å². The van der Waals surface area contributed by atoms with Crippen LogP contribution in [0.25, 0.3) is 11.8 Å². The summed E-state index contributed by atoms with van der Waals surface area (Å²) in [7, 11) is 0. The Labute approximate surface area is 184 Å². The standard InChI is InChI=1S/C25H22F3N3O/c1-15-8-9-23(10-16(15)2)31-17(3)11-19(18(31)4)12-20(14-29)24(32)30-22-7-5-6-21(13-22)25(26,27)28/h5-13H,1-4H3,(H,30,32)/b20-12-. The summed E-state index contributed by atoms with van der Waals surface area (Å²) in [4.78, 5) is 12.6. The maximum absolute atomic E-state index is 12.9. The van der Waals surface area contributed by atoms with Crippen LogP contribution in [-0.2, 0) is 11.0 Å². The molecule has 0 fully saturated rings. The number of aryl methyl sites for hydroxylation is 3. The number of hydrogen-bond donors (Lipinski definition) is 1. The van der Waals surface area contributed by atoms with Crippen molar-refractivity contribution in [2.24, 2.45) is 0 Å². The molecule has 1 amide bonds. The zero-order chi connectivity index (χ0) is 23.6. The fourth-order valence-corrected chi connectivity index (χ4v) is 3.47. The minimum Gasteiger partial charge on any atom is -0.321 e. The van der Waals surface area contributed by atoms with Crippen molar-refractivity contribution >= 4 is 17.7 Å². The summed E-state index contributed by atoms with van der Waals surface area (Å²) < 4.78 is 40.8. The molecule has 2 aromatic carbocycles. The first kappa shape index (κ1) is 22.9. The van der Waals surface area contributed by atoms with Gasteiger partial charge in [0.05, 0.1) is 5.56 Å². The fraction of sp³-hybridized carbons (Fsp3) is 0.200. The molecule has 32 heavy (non-hydrogen) atoms. The number of benzene rings is 2. The molecule has 4 nitrogen and oxygen atoms in total. The number of anilines is 1. The van der Waals surface area contributed by atoms with Gasteiger partial charge in [-0.05, 0) is 86.9 Å². The summed E-state index contributed by atoms with van der Waals surface area (Å²) in [6.07, 6.45) is -3.08. The smallest absolute Gasteiger partial charge is 0.321 e. The van der Waals surface area contributed by atoms with Crippen molar-refractivity contribution in [3.05, 3.63) is 87.7 Å². The summed E-state index contributed by atoms with van der Waals surface area (Å²) in [6.45, 7) is 7.87. The Bertz CT molecular complexity index is 1260. The number of aromatic nitrogens is 1. The third kappa shape index (κ3) is 4.75. The van der Waals surface area contributed by atoms with Crippen LogP contribution in [-0.4, -0.2) is 10.5 Å². The summed E-state index contributed by atoms with van der Waals surface area (Å²) in [5.41, 5.74) is 4.60. The molecule has 0 aliphatic heterocycles. The predicted molar refractivity (Wildman–Crippen MR) is 118 cm³/mol. The van der Waals surface area contributed by atoms with Gasteiger partial charge in [0.25, 0.3) is 5.91 Å². The van der Waals surface area contributed by atoms with E-state index in [0.717, 1.165) is 34.8 Å². The highest BCUT2D eigenvalue weighted by molar-refractivity contribution is 6.09. The minimum absolute atomic E-state index is 0.0356. The number of hydrogen-bond acceptors (Lipinski definition) is 2. The molecule has 1 aromatic heterocycles. The number of halogens is 3. The number of alkyl halides is 3. The Hall–Kier alpha value is -3.79. The molecule has 0 atom stereocenters. The monoisotopic (exact) mass is 437 g/mol. The van der Waals surface area contributed by atoms with E-state index in [2.05, 4.69) is 11.4 Å². The van der Waals surface area contributed by atoms with Gasteiger partial charge >= 0.3 is 6.18 Å². The highest BCUT2D eigenvalue weighted by Gasteiger charge is 2.30. The second-order valence-corrected chi connectivity index (χ2v) is 7.63. The molecule has 0 saturated heterocycles. The summed E-state index contributed by atoms with van der Waals surface area (Å²) in [5.74, 6) is -0.775. The van der Waals surface area contributed by atoms with Gasteiger partial charge < -0.3 is 9.88 Å². The second kappa shape index (κ2) is 8.75. The molecule has 0 aliphatic carbocycles. The largest absolute Gasteiger partial charge is 0.416 e. The number of carbonyl (C=O) groups excluding carboxylic acids is 1. The van der Waals surface area contributed by atoms with Gasteiger partial charge in [0, 0.05) is 22.8 Å². The highest BCUT2D eigenvalue weighted by atomic mass is 19.4. The molecule has 0 saturated carbocycles. The van der Waals surface area contributed by atoms with Crippen LogP contribution in [0.5, 0.6) is 0 Å². The summed E-state index contributed by atoms with van der Waals surface area (Å²) in [5, 5.41) is 11.9. The number of nitrogens with zero attached hydrogens (tertiary/aromatic N) is 2. The molecule has 164 valence electrons. The molecule has 0 aliphatic rings. The lowest BCUT2D eigenvalue weighted by atomic mass is 10.1. The van der Waals surface area contributed by atoms with Gasteiger partial charge in [0.1, 0.15) is 11.6 Å². The van der Waals surface area contributed by atoms with Crippen molar-refractivity contribution in [2.45, 2.75) is 33.9 Å². The maximum Gasteiger partial charge on any atom is 0.416 e. The number of nitriles is 1. The van der Waals surface area contributed by atoms with Crippen LogP contribution in [0.1, 0.15) is 33.6 Å². The van der Waals surface area contributed by atoms with Crippen molar-refractivity contribution in [3.8, 4) is 11.8 Å². The van der Waals surface area contributed by atoms with Crippen molar-refractivity contribution in [2.75, 3.05) is 5.32 Å². The normalized spacial score (nSPS) is 11.9. The zero-order valence-electron chi connectivity index (χ0n) is 18.1. The van der Waals surface area contributed by atoms with Gasteiger partial charge in [-0.2, -0.15) is 18.4 Å². The topological polar surface area (TPSA) is 57.8 Å². The van der Waals surface area contributed by atoms with E-state index in [9.17, 15) is 23.2 Å². The van der Waals surface area contributed by atoms with Gasteiger partial charge in [-0.1, -0.05) is 12.1 Å². The molecule has 0 unspecified atom stereocenters. The molecule has 3 rings (SSSR count). The first-order valence-corrected chi connectivity index (χ1v) is 9.88. The maximum atomic E-state index is 12.9. The van der Waals surface area contributed by atoms with Gasteiger partial charge in [0.15, 0.2) is 0 Å². The van der Waals surface area contributed by atoms with E-state index >= 15 is 0 Å². The molecular weight excluding hydrogens is 415 g/mol. The van der Waals surface area contributed by atoms with Crippen LogP contribution in [0, 0.1) is 39.0 Å². The van der Waals surface area contributed by atoms with Crippen LogP contribution >= 0.6 is 0 Å². The van der Waals surface area contributed by atoms with Crippen molar-refractivity contribution in [1.29, 1.82) is 5.26 Å². The van der Waals surface area contributed by atoms with Gasteiger partial charge in [-0.3, -0.25) is 4.79 Å². The third-order valence-corrected chi connectivity index (χ3v) is 5.33.